The number of hydrogen-bond donors (Lipinski definition) is 1. The quantitative estimate of drug-likeness (QED) is 0.923. The maximum atomic E-state index is 12.9. The SMILES string of the molecule is CC(NCc1ccc(F)cc1Br)C1CCOC1. The van der Waals surface area contributed by atoms with Crippen molar-refractivity contribution in [1.29, 1.82) is 0 Å². The van der Waals surface area contributed by atoms with Crippen molar-refractivity contribution in [3.63, 3.8) is 0 Å². The summed E-state index contributed by atoms with van der Waals surface area (Å²) in [5.74, 6) is 0.382. The van der Waals surface area contributed by atoms with Gasteiger partial charge in [-0.1, -0.05) is 22.0 Å². The molecule has 1 aromatic rings. The second-order valence-corrected chi connectivity index (χ2v) is 5.38. The smallest absolute Gasteiger partial charge is 0.124 e. The van der Waals surface area contributed by atoms with Crippen LogP contribution in [0, 0.1) is 11.7 Å². The van der Waals surface area contributed by atoms with Crippen LogP contribution in [-0.4, -0.2) is 19.3 Å². The summed E-state index contributed by atoms with van der Waals surface area (Å²) < 4.78 is 19.1. The summed E-state index contributed by atoms with van der Waals surface area (Å²) in [4.78, 5) is 0. The van der Waals surface area contributed by atoms with Crippen LogP contribution < -0.4 is 5.32 Å². The molecule has 1 fully saturated rings. The van der Waals surface area contributed by atoms with Crippen molar-refractivity contribution in [2.75, 3.05) is 13.2 Å². The monoisotopic (exact) mass is 301 g/mol. The van der Waals surface area contributed by atoms with E-state index in [0.717, 1.165) is 36.2 Å². The summed E-state index contributed by atoms with van der Waals surface area (Å²) in [7, 11) is 0. The van der Waals surface area contributed by atoms with E-state index in [-0.39, 0.29) is 5.82 Å². The van der Waals surface area contributed by atoms with E-state index in [1.807, 2.05) is 6.07 Å². The molecule has 0 aliphatic carbocycles. The molecular formula is C13H17BrFNO. The molecule has 0 saturated carbocycles. The third kappa shape index (κ3) is 3.50. The minimum atomic E-state index is -0.210. The van der Waals surface area contributed by atoms with Crippen LogP contribution >= 0.6 is 15.9 Å². The normalized spacial score (nSPS) is 21.7. The molecule has 1 N–H and O–H groups in total. The van der Waals surface area contributed by atoms with Crippen molar-refractivity contribution in [2.24, 2.45) is 5.92 Å². The molecule has 94 valence electrons. The third-order valence-electron chi connectivity index (χ3n) is 3.30. The van der Waals surface area contributed by atoms with Crippen molar-refractivity contribution in [3.8, 4) is 0 Å². The predicted molar refractivity (Wildman–Crippen MR) is 69.3 cm³/mol. The van der Waals surface area contributed by atoms with Crippen LogP contribution in [0.15, 0.2) is 22.7 Å². The summed E-state index contributed by atoms with van der Waals surface area (Å²) in [6.07, 6.45) is 1.12. The lowest BCUT2D eigenvalue weighted by atomic mass is 10.0. The van der Waals surface area contributed by atoms with Gasteiger partial charge in [0.25, 0.3) is 0 Å². The van der Waals surface area contributed by atoms with E-state index in [0.29, 0.717) is 12.0 Å². The number of benzene rings is 1. The first-order valence-electron chi connectivity index (χ1n) is 5.92. The Labute approximate surface area is 110 Å². The second kappa shape index (κ2) is 5.94. The zero-order chi connectivity index (χ0) is 12.3. The van der Waals surface area contributed by atoms with Crippen LogP contribution in [0.25, 0.3) is 0 Å². The summed E-state index contributed by atoms with van der Waals surface area (Å²) in [5, 5.41) is 3.47. The van der Waals surface area contributed by atoms with Gasteiger partial charge in [0, 0.05) is 23.7 Å². The van der Waals surface area contributed by atoms with Crippen molar-refractivity contribution >= 4 is 15.9 Å². The largest absolute Gasteiger partial charge is 0.381 e. The average molecular weight is 302 g/mol. The fraction of sp³-hybridized carbons (Fsp3) is 0.538. The lowest BCUT2D eigenvalue weighted by Gasteiger charge is -2.19. The van der Waals surface area contributed by atoms with Crippen molar-refractivity contribution in [2.45, 2.75) is 25.9 Å². The minimum absolute atomic E-state index is 0.210. The average Bonchev–Trinajstić information content (AvgIpc) is 2.81. The van der Waals surface area contributed by atoms with Crippen molar-refractivity contribution < 1.29 is 9.13 Å². The Morgan fingerprint density at radius 3 is 3.06 bits per heavy atom. The fourth-order valence-corrected chi connectivity index (χ4v) is 2.54. The summed E-state index contributed by atoms with van der Waals surface area (Å²) in [5.41, 5.74) is 1.08. The highest BCUT2D eigenvalue weighted by atomic mass is 79.9. The van der Waals surface area contributed by atoms with Gasteiger partial charge in [0.2, 0.25) is 0 Å². The van der Waals surface area contributed by atoms with Gasteiger partial charge in [-0.3, -0.25) is 0 Å². The molecule has 17 heavy (non-hydrogen) atoms. The second-order valence-electron chi connectivity index (χ2n) is 4.53. The van der Waals surface area contributed by atoms with Crippen molar-refractivity contribution in [1.82, 2.24) is 5.32 Å². The number of halogens is 2. The van der Waals surface area contributed by atoms with Gasteiger partial charge in [0.1, 0.15) is 5.82 Å². The molecule has 4 heteroatoms. The van der Waals surface area contributed by atoms with E-state index in [4.69, 9.17) is 4.74 Å². The van der Waals surface area contributed by atoms with Gasteiger partial charge in [-0.15, -0.1) is 0 Å². The lowest BCUT2D eigenvalue weighted by Crippen LogP contribution is -2.33. The Balaban J connectivity index is 1.88. The van der Waals surface area contributed by atoms with E-state index >= 15 is 0 Å². The van der Waals surface area contributed by atoms with Gasteiger partial charge < -0.3 is 10.1 Å². The highest BCUT2D eigenvalue weighted by molar-refractivity contribution is 9.10. The Morgan fingerprint density at radius 2 is 2.41 bits per heavy atom. The maximum Gasteiger partial charge on any atom is 0.124 e. The molecule has 0 aromatic heterocycles. The number of rotatable bonds is 4. The van der Waals surface area contributed by atoms with Gasteiger partial charge in [0.05, 0.1) is 6.61 Å². The van der Waals surface area contributed by atoms with Gasteiger partial charge in [-0.2, -0.15) is 0 Å². The van der Waals surface area contributed by atoms with Crippen LogP contribution in [0.4, 0.5) is 4.39 Å². The Bertz CT molecular complexity index is 380. The summed E-state index contributed by atoms with van der Waals surface area (Å²) in [6.45, 7) is 4.64. The molecule has 0 bridgehead atoms. The molecule has 1 aliphatic rings. The highest BCUT2D eigenvalue weighted by Crippen LogP contribution is 2.20. The standard InChI is InChI=1S/C13H17BrFNO/c1-9(11-4-5-17-8-11)16-7-10-2-3-12(15)6-13(10)14/h2-3,6,9,11,16H,4-5,7-8H2,1H3. The molecule has 1 saturated heterocycles. The molecule has 0 amide bonds. The van der Waals surface area contributed by atoms with E-state index in [2.05, 4.69) is 28.2 Å². The molecule has 2 nitrogen and oxygen atoms in total. The predicted octanol–water partition coefficient (Wildman–Crippen LogP) is 3.10. The Hall–Kier alpha value is -0.450. The number of ether oxygens (including phenoxy) is 1. The zero-order valence-electron chi connectivity index (χ0n) is 9.88. The third-order valence-corrected chi connectivity index (χ3v) is 4.04. The highest BCUT2D eigenvalue weighted by Gasteiger charge is 2.21. The molecule has 1 aliphatic heterocycles. The number of hydrogen-bond acceptors (Lipinski definition) is 2. The summed E-state index contributed by atoms with van der Waals surface area (Å²) >= 11 is 3.38. The molecule has 0 spiro atoms. The molecule has 2 rings (SSSR count). The first kappa shape index (κ1) is 13.0. The van der Waals surface area contributed by atoms with Gasteiger partial charge in [-0.05, 0) is 37.0 Å². The molecule has 1 heterocycles. The van der Waals surface area contributed by atoms with Gasteiger partial charge in [-0.25, -0.2) is 4.39 Å². The van der Waals surface area contributed by atoms with E-state index in [1.165, 1.54) is 12.1 Å². The lowest BCUT2D eigenvalue weighted by molar-refractivity contribution is 0.178. The Kier molecular flexibility index (Phi) is 4.54. The molecule has 2 unspecified atom stereocenters. The summed E-state index contributed by atoms with van der Waals surface area (Å²) in [6, 6.07) is 5.23. The topological polar surface area (TPSA) is 21.3 Å². The molecular weight excluding hydrogens is 285 g/mol. The molecule has 2 atom stereocenters. The van der Waals surface area contributed by atoms with Crippen LogP contribution in [0.1, 0.15) is 18.9 Å². The maximum absolute atomic E-state index is 12.9. The van der Waals surface area contributed by atoms with Crippen LogP contribution in [0.5, 0.6) is 0 Å². The van der Waals surface area contributed by atoms with E-state index < -0.39 is 0 Å². The fourth-order valence-electron chi connectivity index (χ4n) is 2.05. The van der Waals surface area contributed by atoms with Crippen LogP contribution in [-0.2, 0) is 11.3 Å². The first-order valence-corrected chi connectivity index (χ1v) is 6.71. The van der Waals surface area contributed by atoms with Gasteiger partial charge >= 0.3 is 0 Å². The molecule has 1 aromatic carbocycles. The molecule has 0 radical (unpaired) electrons. The van der Waals surface area contributed by atoms with Crippen LogP contribution in [0.2, 0.25) is 0 Å². The number of nitrogens with one attached hydrogen (secondary N) is 1. The first-order chi connectivity index (χ1) is 8.16. The Morgan fingerprint density at radius 1 is 1.59 bits per heavy atom. The van der Waals surface area contributed by atoms with E-state index in [1.54, 1.807) is 0 Å². The van der Waals surface area contributed by atoms with E-state index in [9.17, 15) is 4.39 Å². The van der Waals surface area contributed by atoms with Crippen LogP contribution in [0.3, 0.4) is 0 Å². The minimum Gasteiger partial charge on any atom is -0.381 e. The van der Waals surface area contributed by atoms with Gasteiger partial charge in [0.15, 0.2) is 0 Å². The zero-order valence-corrected chi connectivity index (χ0v) is 11.5. The van der Waals surface area contributed by atoms with Crippen molar-refractivity contribution in [3.05, 3.63) is 34.1 Å².